The van der Waals surface area contributed by atoms with Gasteiger partial charge in [0, 0.05) is 17.8 Å². The summed E-state index contributed by atoms with van der Waals surface area (Å²) in [5, 5.41) is 14.1. The molecule has 0 atom stereocenters. The van der Waals surface area contributed by atoms with Crippen LogP contribution in [0.2, 0.25) is 0 Å². The second-order valence-corrected chi connectivity index (χ2v) is 8.14. The van der Waals surface area contributed by atoms with Crippen LogP contribution in [0.15, 0.2) is 97.1 Å². The van der Waals surface area contributed by atoms with Crippen LogP contribution >= 0.6 is 0 Å². The van der Waals surface area contributed by atoms with E-state index in [0.717, 1.165) is 11.1 Å². The lowest BCUT2D eigenvalue weighted by Crippen LogP contribution is -2.15. The van der Waals surface area contributed by atoms with Gasteiger partial charge in [0.05, 0.1) is 23.7 Å². The molecule has 1 amide bonds. The second-order valence-electron chi connectivity index (χ2n) is 8.14. The van der Waals surface area contributed by atoms with E-state index < -0.39 is 16.8 Å². The zero-order chi connectivity index (χ0) is 26.9. The molecule has 0 aliphatic carbocycles. The van der Waals surface area contributed by atoms with Gasteiger partial charge in [0.2, 0.25) is 0 Å². The van der Waals surface area contributed by atoms with E-state index in [-0.39, 0.29) is 41.5 Å². The molecule has 0 bridgehead atoms. The van der Waals surface area contributed by atoms with Crippen LogP contribution in [0.3, 0.4) is 0 Å². The van der Waals surface area contributed by atoms with E-state index >= 15 is 0 Å². The van der Waals surface area contributed by atoms with Gasteiger partial charge in [-0.2, -0.15) is 0 Å². The van der Waals surface area contributed by atoms with Crippen molar-refractivity contribution >= 4 is 23.3 Å². The van der Waals surface area contributed by atoms with E-state index in [1.807, 2.05) is 60.7 Å². The average Bonchev–Trinajstić information content (AvgIpc) is 2.95. The van der Waals surface area contributed by atoms with E-state index in [9.17, 15) is 19.7 Å². The number of non-ortho nitro benzene ring substituents is 1. The van der Waals surface area contributed by atoms with Crippen LogP contribution in [-0.4, -0.2) is 23.9 Å². The number of amides is 1. The molecular formula is C29H24N2O7. The minimum absolute atomic E-state index is 0.0623. The van der Waals surface area contributed by atoms with Crippen LogP contribution < -0.4 is 14.8 Å². The van der Waals surface area contributed by atoms with Gasteiger partial charge >= 0.3 is 5.97 Å². The Kier molecular flexibility index (Phi) is 8.30. The number of nitro benzene ring substituents is 1. The summed E-state index contributed by atoms with van der Waals surface area (Å²) in [6.45, 7) is 0.315. The molecule has 0 fully saturated rings. The number of nitrogens with zero attached hydrogens (tertiary/aromatic N) is 1. The molecule has 4 rings (SSSR count). The highest BCUT2D eigenvalue weighted by Crippen LogP contribution is 2.29. The Bertz CT molecular complexity index is 1440. The van der Waals surface area contributed by atoms with Crippen molar-refractivity contribution in [3.8, 4) is 11.5 Å². The highest BCUT2D eigenvalue weighted by Gasteiger charge is 2.20. The number of methoxy groups -OCH3 is 1. The molecule has 9 heteroatoms. The lowest BCUT2D eigenvalue weighted by atomic mass is 10.1. The molecule has 1 N–H and O–H groups in total. The standard InChI is InChI=1S/C29H24N2O7/c1-36-29(33)25-14-12-22(16-26(25)37-18-20-8-4-2-5-9-20)30-28(32)24-15-13-23(31(34)35)17-27(24)38-19-21-10-6-3-7-11-21/h2-17H,18-19H2,1H3,(H,30,32). The first-order valence-corrected chi connectivity index (χ1v) is 11.6. The number of benzene rings is 4. The fourth-order valence-corrected chi connectivity index (χ4v) is 3.60. The zero-order valence-corrected chi connectivity index (χ0v) is 20.5. The zero-order valence-electron chi connectivity index (χ0n) is 20.5. The van der Waals surface area contributed by atoms with Crippen LogP contribution in [0.1, 0.15) is 31.8 Å². The van der Waals surface area contributed by atoms with Crippen LogP contribution in [-0.2, 0) is 18.0 Å². The maximum atomic E-state index is 13.2. The van der Waals surface area contributed by atoms with Crippen molar-refractivity contribution in [2.75, 3.05) is 12.4 Å². The van der Waals surface area contributed by atoms with E-state index in [1.54, 1.807) is 0 Å². The summed E-state index contributed by atoms with van der Waals surface area (Å²) in [6.07, 6.45) is 0. The topological polar surface area (TPSA) is 117 Å². The van der Waals surface area contributed by atoms with Crippen molar-refractivity contribution in [1.82, 2.24) is 0 Å². The third-order valence-corrected chi connectivity index (χ3v) is 5.54. The molecule has 0 aliphatic rings. The number of carbonyl (C=O) groups is 2. The third-order valence-electron chi connectivity index (χ3n) is 5.54. The second kappa shape index (κ2) is 12.2. The van der Waals surface area contributed by atoms with Crippen LogP contribution in [0.5, 0.6) is 11.5 Å². The summed E-state index contributed by atoms with van der Waals surface area (Å²) >= 11 is 0. The van der Waals surface area contributed by atoms with Gasteiger partial charge < -0.3 is 19.5 Å². The Hall–Kier alpha value is -5.18. The minimum atomic E-state index is -0.585. The van der Waals surface area contributed by atoms with Crippen molar-refractivity contribution in [1.29, 1.82) is 0 Å². The predicted octanol–water partition coefficient (Wildman–Crippen LogP) is 5.79. The molecule has 0 saturated carbocycles. The first-order valence-electron chi connectivity index (χ1n) is 11.6. The molecule has 4 aromatic rings. The SMILES string of the molecule is COC(=O)c1ccc(NC(=O)c2ccc([N+](=O)[O-])cc2OCc2ccccc2)cc1OCc1ccccc1. The number of hydrogen-bond acceptors (Lipinski definition) is 7. The summed E-state index contributed by atoms with van der Waals surface area (Å²) in [5.41, 5.74) is 2.17. The molecule has 38 heavy (non-hydrogen) atoms. The maximum Gasteiger partial charge on any atom is 0.341 e. The van der Waals surface area contributed by atoms with Gasteiger partial charge in [0.1, 0.15) is 30.3 Å². The lowest BCUT2D eigenvalue weighted by molar-refractivity contribution is -0.384. The number of esters is 1. The molecule has 0 heterocycles. The maximum absolute atomic E-state index is 13.2. The minimum Gasteiger partial charge on any atom is -0.488 e. The monoisotopic (exact) mass is 512 g/mol. The van der Waals surface area contributed by atoms with Gasteiger partial charge in [-0.15, -0.1) is 0 Å². The molecule has 0 aromatic heterocycles. The summed E-state index contributed by atoms with van der Waals surface area (Å²) in [4.78, 5) is 36.2. The van der Waals surface area contributed by atoms with Gasteiger partial charge in [-0.05, 0) is 29.3 Å². The Morgan fingerprint density at radius 2 is 1.32 bits per heavy atom. The van der Waals surface area contributed by atoms with Gasteiger partial charge in [-0.25, -0.2) is 4.79 Å². The van der Waals surface area contributed by atoms with E-state index in [2.05, 4.69) is 5.32 Å². The fraction of sp³-hybridized carbons (Fsp3) is 0.103. The van der Waals surface area contributed by atoms with Crippen molar-refractivity contribution in [2.24, 2.45) is 0 Å². The average molecular weight is 513 g/mol. The number of carbonyl (C=O) groups excluding carboxylic acids is 2. The number of ether oxygens (including phenoxy) is 3. The molecule has 0 spiro atoms. The summed E-state index contributed by atoms with van der Waals surface area (Å²) in [5.74, 6) is -0.851. The largest absolute Gasteiger partial charge is 0.488 e. The van der Waals surface area contributed by atoms with E-state index in [1.165, 1.54) is 43.5 Å². The number of anilines is 1. The van der Waals surface area contributed by atoms with Crippen molar-refractivity contribution in [2.45, 2.75) is 13.2 Å². The first kappa shape index (κ1) is 25.9. The number of hydrogen-bond donors (Lipinski definition) is 1. The Balaban J connectivity index is 1.58. The summed E-state index contributed by atoms with van der Waals surface area (Å²) in [6, 6.07) is 27.0. The molecule has 4 aromatic carbocycles. The summed E-state index contributed by atoms with van der Waals surface area (Å²) in [7, 11) is 1.27. The summed E-state index contributed by atoms with van der Waals surface area (Å²) < 4.78 is 16.5. The van der Waals surface area contributed by atoms with Gasteiger partial charge in [0.15, 0.2) is 0 Å². The van der Waals surface area contributed by atoms with Crippen molar-refractivity contribution in [3.63, 3.8) is 0 Å². The molecular weight excluding hydrogens is 488 g/mol. The number of nitro groups is 1. The van der Waals surface area contributed by atoms with Gasteiger partial charge in [-0.1, -0.05) is 60.7 Å². The molecule has 0 unspecified atom stereocenters. The highest BCUT2D eigenvalue weighted by molar-refractivity contribution is 6.06. The molecule has 0 saturated heterocycles. The lowest BCUT2D eigenvalue weighted by Gasteiger charge is -2.14. The fourth-order valence-electron chi connectivity index (χ4n) is 3.60. The third kappa shape index (κ3) is 6.52. The van der Waals surface area contributed by atoms with Crippen molar-refractivity contribution < 1.29 is 28.7 Å². The molecule has 0 radical (unpaired) electrons. The van der Waals surface area contributed by atoms with E-state index in [0.29, 0.717) is 5.69 Å². The molecule has 0 aliphatic heterocycles. The van der Waals surface area contributed by atoms with E-state index in [4.69, 9.17) is 14.2 Å². The van der Waals surface area contributed by atoms with Crippen LogP contribution in [0.4, 0.5) is 11.4 Å². The molecule has 9 nitrogen and oxygen atoms in total. The van der Waals surface area contributed by atoms with Crippen molar-refractivity contribution in [3.05, 3.63) is 129 Å². The van der Waals surface area contributed by atoms with Crippen LogP contribution in [0.25, 0.3) is 0 Å². The van der Waals surface area contributed by atoms with Gasteiger partial charge in [-0.3, -0.25) is 14.9 Å². The Morgan fingerprint density at radius 1 is 0.763 bits per heavy atom. The quantitative estimate of drug-likeness (QED) is 0.162. The smallest absolute Gasteiger partial charge is 0.341 e. The first-order chi connectivity index (χ1) is 18.4. The number of rotatable bonds is 10. The predicted molar refractivity (Wildman–Crippen MR) is 140 cm³/mol. The van der Waals surface area contributed by atoms with Crippen LogP contribution in [0, 0.1) is 10.1 Å². The number of nitrogens with one attached hydrogen (secondary N) is 1. The van der Waals surface area contributed by atoms with Gasteiger partial charge in [0.25, 0.3) is 11.6 Å². The normalized spacial score (nSPS) is 10.3. The Morgan fingerprint density at radius 3 is 1.87 bits per heavy atom. The highest BCUT2D eigenvalue weighted by atomic mass is 16.6. The molecule has 192 valence electrons. The Labute approximate surface area is 218 Å².